The molecule has 9 nitrogen and oxygen atoms in total. The molecule has 0 heterocycles. The lowest BCUT2D eigenvalue weighted by atomic mass is 9.70. The molecule has 6 atom stereocenters. The molecule has 6 aliphatic rings. The highest BCUT2D eigenvalue weighted by Crippen LogP contribution is 2.42. The van der Waals surface area contributed by atoms with E-state index in [-0.39, 0.29) is 30.0 Å². The summed E-state index contributed by atoms with van der Waals surface area (Å²) < 4.78 is 12.1. The van der Waals surface area contributed by atoms with Crippen molar-refractivity contribution in [1.29, 1.82) is 0 Å². The first kappa shape index (κ1) is 42.9. The van der Waals surface area contributed by atoms with Crippen LogP contribution in [0.15, 0.2) is 0 Å². The Balaban J connectivity index is 0.773. The summed E-state index contributed by atoms with van der Waals surface area (Å²) in [5.74, 6) is 0.628. The smallest absolute Gasteiger partial charge is 0.310 e. The molecule has 0 spiro atoms. The molecule has 2 N–H and O–H groups in total. The van der Waals surface area contributed by atoms with E-state index >= 15 is 0 Å². The van der Waals surface area contributed by atoms with Gasteiger partial charge in [-0.05, 0) is 151 Å². The molecule has 0 aromatic heterocycles. The summed E-state index contributed by atoms with van der Waals surface area (Å²) in [6.07, 6.45) is 30.7. The summed E-state index contributed by atoms with van der Waals surface area (Å²) in [5.41, 5.74) is 0. The summed E-state index contributed by atoms with van der Waals surface area (Å²) >= 11 is 0. The average molecular weight is 773 g/mol. The van der Waals surface area contributed by atoms with E-state index in [0.717, 1.165) is 121 Å². The van der Waals surface area contributed by atoms with E-state index in [9.17, 15) is 24.6 Å². The zero-order valence-electron chi connectivity index (χ0n) is 34.1. The molecule has 0 saturated heterocycles. The van der Waals surface area contributed by atoms with Crippen LogP contribution in [0.4, 0.5) is 0 Å². The molecule has 9 heteroatoms. The van der Waals surface area contributed by atoms with E-state index < -0.39 is 23.8 Å². The first-order chi connectivity index (χ1) is 26.8. The van der Waals surface area contributed by atoms with Crippen molar-refractivity contribution in [2.45, 2.75) is 192 Å². The topological polar surface area (TPSA) is 129 Å². The maximum atomic E-state index is 13.2. The SMILES string of the molecule is O=C(O)C1CC(CC2CCCCC2)CCC1COOC1CCC(CCOCCC2CCC(OC(=O)C3CCC(CC4CCCCC4)CC3C(=O)O)CC2)CC1. The second-order valence-corrected chi connectivity index (χ2v) is 19.4. The number of rotatable bonds is 18. The number of carbonyl (C=O) groups excluding carboxylic acids is 1. The fraction of sp³-hybridized carbons (Fsp3) is 0.935. The lowest BCUT2D eigenvalue weighted by Crippen LogP contribution is -2.39. The van der Waals surface area contributed by atoms with Crippen LogP contribution in [-0.4, -0.2) is 60.1 Å². The van der Waals surface area contributed by atoms with Gasteiger partial charge < -0.3 is 19.7 Å². The van der Waals surface area contributed by atoms with Crippen LogP contribution >= 0.6 is 0 Å². The molecule has 6 saturated carbocycles. The minimum Gasteiger partial charge on any atom is -0.481 e. The van der Waals surface area contributed by atoms with Gasteiger partial charge in [0.15, 0.2) is 0 Å². The van der Waals surface area contributed by atoms with E-state index in [1.54, 1.807) is 0 Å². The van der Waals surface area contributed by atoms with Gasteiger partial charge in [-0.2, -0.15) is 0 Å². The summed E-state index contributed by atoms with van der Waals surface area (Å²) in [6, 6.07) is 0. The lowest BCUT2D eigenvalue weighted by molar-refractivity contribution is -0.337. The van der Waals surface area contributed by atoms with Crippen molar-refractivity contribution in [3.8, 4) is 0 Å². The lowest BCUT2D eigenvalue weighted by Gasteiger charge is -2.36. The van der Waals surface area contributed by atoms with Crippen molar-refractivity contribution in [1.82, 2.24) is 0 Å². The molecule has 6 aliphatic carbocycles. The van der Waals surface area contributed by atoms with Crippen molar-refractivity contribution in [2.24, 2.45) is 59.2 Å². The summed E-state index contributed by atoms with van der Waals surface area (Å²) in [4.78, 5) is 49.1. The minimum absolute atomic E-state index is 0.0461. The van der Waals surface area contributed by atoms with Crippen LogP contribution < -0.4 is 0 Å². The first-order valence-electron chi connectivity index (χ1n) is 23.3. The monoisotopic (exact) mass is 773 g/mol. The van der Waals surface area contributed by atoms with Gasteiger partial charge in [0.1, 0.15) is 6.10 Å². The van der Waals surface area contributed by atoms with E-state index in [1.807, 2.05) is 0 Å². The molecular formula is C46H76O9. The Labute approximate surface area is 332 Å². The van der Waals surface area contributed by atoms with Gasteiger partial charge in [0.2, 0.25) is 0 Å². The minimum atomic E-state index is -0.828. The number of hydrogen-bond acceptors (Lipinski definition) is 7. The van der Waals surface area contributed by atoms with Crippen molar-refractivity contribution < 1.29 is 43.8 Å². The molecule has 0 bridgehead atoms. The van der Waals surface area contributed by atoms with Crippen LogP contribution in [0, 0.1) is 59.2 Å². The Kier molecular flexibility index (Phi) is 17.5. The predicted octanol–water partition coefficient (Wildman–Crippen LogP) is 10.6. The van der Waals surface area contributed by atoms with Crippen LogP contribution in [0.5, 0.6) is 0 Å². The molecule has 0 aromatic rings. The zero-order chi connectivity index (χ0) is 38.4. The second-order valence-electron chi connectivity index (χ2n) is 19.4. The van der Waals surface area contributed by atoms with Crippen molar-refractivity contribution >= 4 is 17.9 Å². The molecule has 6 rings (SSSR count). The number of ether oxygens (including phenoxy) is 2. The molecule has 0 aromatic carbocycles. The van der Waals surface area contributed by atoms with Gasteiger partial charge in [0.25, 0.3) is 0 Å². The summed E-state index contributed by atoms with van der Waals surface area (Å²) in [5, 5.41) is 20.0. The largest absolute Gasteiger partial charge is 0.481 e. The Bertz CT molecular complexity index is 1150. The quantitative estimate of drug-likeness (QED) is 0.0605. The summed E-state index contributed by atoms with van der Waals surface area (Å²) in [7, 11) is 0. The Morgan fingerprint density at radius 3 is 1.51 bits per heavy atom. The second kappa shape index (κ2) is 22.4. The van der Waals surface area contributed by atoms with Gasteiger partial charge in [-0.3, -0.25) is 14.4 Å². The van der Waals surface area contributed by atoms with Crippen LogP contribution in [-0.2, 0) is 33.6 Å². The normalized spacial score (nSPS) is 35.6. The van der Waals surface area contributed by atoms with E-state index in [4.69, 9.17) is 19.2 Å². The summed E-state index contributed by atoms with van der Waals surface area (Å²) in [6.45, 7) is 1.95. The van der Waals surface area contributed by atoms with Gasteiger partial charge in [-0.25, -0.2) is 9.78 Å². The van der Waals surface area contributed by atoms with Gasteiger partial charge in [-0.1, -0.05) is 70.6 Å². The molecule has 314 valence electrons. The van der Waals surface area contributed by atoms with Crippen LogP contribution in [0.1, 0.15) is 180 Å². The molecule has 55 heavy (non-hydrogen) atoms. The Morgan fingerprint density at radius 1 is 0.473 bits per heavy atom. The van der Waals surface area contributed by atoms with E-state index in [2.05, 4.69) is 0 Å². The van der Waals surface area contributed by atoms with Gasteiger partial charge in [0, 0.05) is 13.2 Å². The maximum Gasteiger partial charge on any atom is 0.310 e. The van der Waals surface area contributed by atoms with Crippen molar-refractivity contribution in [3.63, 3.8) is 0 Å². The van der Waals surface area contributed by atoms with E-state index in [1.165, 1.54) is 70.6 Å². The van der Waals surface area contributed by atoms with Crippen LogP contribution in [0.25, 0.3) is 0 Å². The predicted molar refractivity (Wildman–Crippen MR) is 211 cm³/mol. The molecule has 0 radical (unpaired) electrons. The molecule has 6 fully saturated rings. The number of aliphatic carboxylic acids is 2. The molecule has 6 unspecified atom stereocenters. The van der Waals surface area contributed by atoms with Gasteiger partial charge in [0.05, 0.1) is 30.5 Å². The van der Waals surface area contributed by atoms with Crippen LogP contribution in [0.2, 0.25) is 0 Å². The highest BCUT2D eigenvalue weighted by Gasteiger charge is 2.42. The highest BCUT2D eigenvalue weighted by molar-refractivity contribution is 5.81. The number of carboxylic acid groups (broad SMARTS) is 2. The third kappa shape index (κ3) is 13.7. The Hall–Kier alpha value is -1.71. The number of carboxylic acids is 2. The standard InChI is InChI=1S/C46H76O9/c47-44(48)42-29-36(27-34-7-3-1-4-8-34)11-17-38(42)31-53-55-40-20-14-33(15-21-40)24-26-52-25-23-32-12-18-39(19-13-32)54-46(51)41-22-16-37(30-43(41)45(49)50)28-35-9-5-2-6-10-35/h32-43H,1-31H2,(H,47,48)(H,49,50). The fourth-order valence-electron chi connectivity index (χ4n) is 12.0. The number of carbonyl (C=O) groups is 3. The molecular weight excluding hydrogens is 696 g/mol. The molecule has 0 amide bonds. The van der Waals surface area contributed by atoms with Crippen LogP contribution in [0.3, 0.4) is 0 Å². The average Bonchev–Trinajstić information content (AvgIpc) is 3.20. The van der Waals surface area contributed by atoms with Gasteiger partial charge in [-0.15, -0.1) is 0 Å². The third-order valence-electron chi connectivity index (χ3n) is 15.5. The highest BCUT2D eigenvalue weighted by atomic mass is 17.2. The maximum absolute atomic E-state index is 13.2. The van der Waals surface area contributed by atoms with Gasteiger partial charge >= 0.3 is 17.9 Å². The fourth-order valence-corrected chi connectivity index (χ4v) is 12.0. The van der Waals surface area contributed by atoms with Crippen molar-refractivity contribution in [3.05, 3.63) is 0 Å². The number of esters is 1. The Morgan fingerprint density at radius 2 is 0.964 bits per heavy atom. The first-order valence-corrected chi connectivity index (χ1v) is 23.3. The van der Waals surface area contributed by atoms with E-state index in [0.29, 0.717) is 43.1 Å². The van der Waals surface area contributed by atoms with Crippen molar-refractivity contribution in [2.75, 3.05) is 19.8 Å². The molecule has 0 aliphatic heterocycles. The number of hydrogen-bond donors (Lipinski definition) is 2. The third-order valence-corrected chi connectivity index (χ3v) is 15.5. The zero-order valence-corrected chi connectivity index (χ0v) is 34.1.